The van der Waals surface area contributed by atoms with Crippen LogP contribution in [0, 0.1) is 19.8 Å². The van der Waals surface area contributed by atoms with Gasteiger partial charge >= 0.3 is 0 Å². The van der Waals surface area contributed by atoms with E-state index in [4.69, 9.17) is 13.8 Å². The van der Waals surface area contributed by atoms with Crippen LogP contribution in [0.15, 0.2) is 45.7 Å². The number of hydroxylamine groups is 1. The van der Waals surface area contributed by atoms with Gasteiger partial charge < -0.3 is 23.8 Å². The van der Waals surface area contributed by atoms with E-state index in [9.17, 15) is 14.7 Å². The van der Waals surface area contributed by atoms with Crippen molar-refractivity contribution in [3.8, 4) is 17.1 Å². The van der Waals surface area contributed by atoms with Crippen LogP contribution in [0.5, 0.6) is 5.75 Å². The minimum Gasteiger partial charge on any atom is -0.443 e. The number of nitrogens with zero attached hydrogens (tertiary/aromatic N) is 3. The lowest BCUT2D eigenvalue weighted by Gasteiger charge is -2.28. The number of oxazole rings is 1. The SMILES string of the molecule is Cc1cc(C(C(=O)N2CC(O)CC2C(=O)NOc2ccc(-c3ocnc3C)cc2)C(C)C)on1. The molecule has 0 aliphatic carbocycles. The molecule has 0 bridgehead atoms. The van der Waals surface area contributed by atoms with Crippen LogP contribution < -0.4 is 10.3 Å². The molecule has 1 aliphatic heterocycles. The van der Waals surface area contributed by atoms with Crippen LogP contribution in [-0.4, -0.2) is 50.7 Å². The third kappa shape index (κ3) is 4.81. The number of β-amino-alcohol motifs (C(OH)–C–C–N with tert-alkyl or cyclic N) is 1. The standard InChI is InChI=1S/C24H28N4O6/c1-13(2)21(20-9-14(3)26-34-20)24(31)28-11-17(29)10-19(28)23(30)27-33-18-7-5-16(6-8-18)22-15(4)25-12-32-22/h5-9,12-13,17,19,21,29H,10-11H2,1-4H3,(H,27,30). The van der Waals surface area contributed by atoms with Crippen molar-refractivity contribution in [1.82, 2.24) is 20.5 Å². The summed E-state index contributed by atoms with van der Waals surface area (Å²) in [4.78, 5) is 37.2. The van der Waals surface area contributed by atoms with E-state index in [1.807, 2.05) is 20.8 Å². The van der Waals surface area contributed by atoms with Gasteiger partial charge in [0.1, 0.15) is 17.7 Å². The van der Waals surface area contributed by atoms with Gasteiger partial charge in [-0.2, -0.15) is 5.48 Å². The summed E-state index contributed by atoms with van der Waals surface area (Å²) < 4.78 is 10.7. The Morgan fingerprint density at radius 1 is 1.24 bits per heavy atom. The Morgan fingerprint density at radius 3 is 2.56 bits per heavy atom. The zero-order valence-electron chi connectivity index (χ0n) is 19.5. The number of carbonyl (C=O) groups excluding carboxylic acids is 2. The minimum absolute atomic E-state index is 0.0541. The zero-order valence-corrected chi connectivity index (χ0v) is 19.5. The topological polar surface area (TPSA) is 131 Å². The lowest BCUT2D eigenvalue weighted by Crippen LogP contribution is -2.48. The first-order chi connectivity index (χ1) is 16.2. The normalized spacial score (nSPS) is 18.8. The second-order valence-corrected chi connectivity index (χ2v) is 8.85. The number of carbonyl (C=O) groups is 2. The summed E-state index contributed by atoms with van der Waals surface area (Å²) in [5, 5.41) is 14.1. The highest BCUT2D eigenvalue weighted by atomic mass is 16.7. The van der Waals surface area contributed by atoms with Gasteiger partial charge in [0.2, 0.25) is 5.91 Å². The molecule has 3 aromatic rings. The second-order valence-electron chi connectivity index (χ2n) is 8.85. The maximum absolute atomic E-state index is 13.4. The van der Waals surface area contributed by atoms with E-state index in [2.05, 4.69) is 15.6 Å². The van der Waals surface area contributed by atoms with E-state index in [0.717, 1.165) is 11.3 Å². The third-order valence-electron chi connectivity index (χ3n) is 5.88. The maximum Gasteiger partial charge on any atom is 0.275 e. The molecule has 3 atom stereocenters. The Morgan fingerprint density at radius 2 is 1.97 bits per heavy atom. The predicted molar refractivity (Wildman–Crippen MR) is 120 cm³/mol. The summed E-state index contributed by atoms with van der Waals surface area (Å²) in [5.74, 6) is -0.0181. The first-order valence-electron chi connectivity index (χ1n) is 11.1. The summed E-state index contributed by atoms with van der Waals surface area (Å²) in [7, 11) is 0. The maximum atomic E-state index is 13.4. The number of aryl methyl sites for hydroxylation is 2. The monoisotopic (exact) mass is 468 g/mol. The van der Waals surface area contributed by atoms with Crippen LogP contribution in [0.3, 0.4) is 0 Å². The lowest BCUT2D eigenvalue weighted by molar-refractivity contribution is -0.143. The Kier molecular flexibility index (Phi) is 6.69. The summed E-state index contributed by atoms with van der Waals surface area (Å²) in [6.45, 7) is 7.48. The van der Waals surface area contributed by atoms with E-state index in [-0.39, 0.29) is 24.8 Å². The minimum atomic E-state index is -0.871. The van der Waals surface area contributed by atoms with Crippen LogP contribution in [0.4, 0.5) is 0 Å². The molecule has 34 heavy (non-hydrogen) atoms. The van der Waals surface area contributed by atoms with Gasteiger partial charge in [-0.1, -0.05) is 19.0 Å². The number of rotatable bonds is 7. The van der Waals surface area contributed by atoms with E-state index in [0.29, 0.717) is 23.0 Å². The smallest absolute Gasteiger partial charge is 0.275 e. The predicted octanol–water partition coefficient (Wildman–Crippen LogP) is 2.76. The number of amides is 2. The van der Waals surface area contributed by atoms with Crippen molar-refractivity contribution in [2.75, 3.05) is 6.54 Å². The molecule has 1 fully saturated rings. The highest BCUT2D eigenvalue weighted by Crippen LogP contribution is 2.31. The van der Waals surface area contributed by atoms with E-state index >= 15 is 0 Å². The Hall–Kier alpha value is -3.66. The molecule has 3 heterocycles. The number of hydrogen-bond donors (Lipinski definition) is 2. The van der Waals surface area contributed by atoms with E-state index < -0.39 is 24.0 Å². The van der Waals surface area contributed by atoms with Crippen molar-refractivity contribution in [3.63, 3.8) is 0 Å². The van der Waals surface area contributed by atoms with Gasteiger partial charge in [-0.05, 0) is 44.0 Å². The molecule has 1 aliphatic rings. The van der Waals surface area contributed by atoms with Crippen LogP contribution in [0.2, 0.25) is 0 Å². The molecule has 2 amide bonds. The van der Waals surface area contributed by atoms with E-state index in [1.165, 1.54) is 11.3 Å². The lowest BCUT2D eigenvalue weighted by atomic mass is 9.91. The summed E-state index contributed by atoms with van der Waals surface area (Å²) in [6.07, 6.45) is 0.685. The molecule has 1 aromatic carbocycles. The average molecular weight is 469 g/mol. The highest BCUT2D eigenvalue weighted by molar-refractivity contribution is 5.91. The van der Waals surface area contributed by atoms with Crippen molar-refractivity contribution >= 4 is 11.8 Å². The van der Waals surface area contributed by atoms with Crippen molar-refractivity contribution in [2.45, 2.75) is 52.2 Å². The van der Waals surface area contributed by atoms with Gasteiger partial charge in [0.25, 0.3) is 5.91 Å². The molecule has 0 spiro atoms. The molecule has 1 saturated heterocycles. The first-order valence-corrected chi connectivity index (χ1v) is 11.1. The molecule has 2 N–H and O–H groups in total. The Balaban J connectivity index is 1.43. The number of likely N-dealkylation sites (tertiary alicyclic amines) is 1. The fraction of sp³-hybridized carbons (Fsp3) is 0.417. The number of nitrogens with one attached hydrogen (secondary N) is 1. The van der Waals surface area contributed by atoms with Crippen LogP contribution in [0.25, 0.3) is 11.3 Å². The van der Waals surface area contributed by atoms with Gasteiger partial charge in [0.15, 0.2) is 17.9 Å². The second kappa shape index (κ2) is 9.68. The van der Waals surface area contributed by atoms with Gasteiger partial charge in [-0.15, -0.1) is 0 Å². The number of aliphatic hydroxyl groups is 1. The number of aromatic nitrogens is 2. The molecular formula is C24H28N4O6. The van der Waals surface area contributed by atoms with Crippen molar-refractivity contribution in [2.24, 2.45) is 5.92 Å². The molecule has 3 unspecified atom stereocenters. The van der Waals surface area contributed by atoms with Gasteiger partial charge in [-0.3, -0.25) is 9.59 Å². The Labute approximate surface area is 196 Å². The summed E-state index contributed by atoms with van der Waals surface area (Å²) in [5.41, 5.74) is 4.67. The van der Waals surface area contributed by atoms with Gasteiger partial charge in [0, 0.05) is 24.6 Å². The summed E-state index contributed by atoms with van der Waals surface area (Å²) in [6, 6.07) is 7.80. The van der Waals surface area contributed by atoms with Crippen LogP contribution in [-0.2, 0) is 9.59 Å². The molecule has 180 valence electrons. The molecule has 2 aromatic heterocycles. The molecule has 4 rings (SSSR count). The van der Waals surface area contributed by atoms with Gasteiger partial charge in [-0.25, -0.2) is 4.98 Å². The molecule has 0 saturated carbocycles. The number of aliphatic hydroxyl groups excluding tert-OH is 1. The zero-order chi connectivity index (χ0) is 24.4. The molecule has 10 heteroatoms. The fourth-order valence-electron chi connectivity index (χ4n) is 4.18. The van der Waals surface area contributed by atoms with Crippen LogP contribution in [0.1, 0.15) is 43.3 Å². The average Bonchev–Trinajstić information content (AvgIpc) is 3.52. The first kappa shape index (κ1) is 23.5. The Bertz CT molecular complexity index is 1150. The van der Waals surface area contributed by atoms with E-state index in [1.54, 1.807) is 37.3 Å². The van der Waals surface area contributed by atoms with Crippen LogP contribution >= 0.6 is 0 Å². The quantitative estimate of drug-likeness (QED) is 0.506. The van der Waals surface area contributed by atoms with Gasteiger partial charge in [0.05, 0.1) is 17.5 Å². The highest BCUT2D eigenvalue weighted by Gasteiger charge is 2.43. The third-order valence-corrected chi connectivity index (χ3v) is 5.88. The van der Waals surface area contributed by atoms with Crippen molar-refractivity contribution in [1.29, 1.82) is 0 Å². The molecular weight excluding hydrogens is 440 g/mol. The van der Waals surface area contributed by atoms with Crippen molar-refractivity contribution < 1.29 is 28.5 Å². The summed E-state index contributed by atoms with van der Waals surface area (Å²) >= 11 is 0. The van der Waals surface area contributed by atoms with Crippen molar-refractivity contribution in [3.05, 3.63) is 53.9 Å². The fourth-order valence-corrected chi connectivity index (χ4v) is 4.18. The molecule has 0 radical (unpaired) electrons. The molecule has 10 nitrogen and oxygen atoms in total. The largest absolute Gasteiger partial charge is 0.443 e. The number of hydrogen-bond acceptors (Lipinski definition) is 8. The number of benzene rings is 1.